The maximum atomic E-state index is 6.02. The van der Waals surface area contributed by atoms with Gasteiger partial charge in [-0.1, -0.05) is 24.3 Å². The molecule has 0 N–H and O–H groups in total. The lowest BCUT2D eigenvalue weighted by atomic mass is 9.97. The van der Waals surface area contributed by atoms with Gasteiger partial charge in [-0.3, -0.25) is 4.40 Å². The van der Waals surface area contributed by atoms with Gasteiger partial charge in [-0.25, -0.2) is 4.57 Å². The van der Waals surface area contributed by atoms with E-state index in [0.29, 0.717) is 0 Å². The van der Waals surface area contributed by atoms with Gasteiger partial charge in [-0.2, -0.15) is 0 Å². The molecule has 0 fully saturated rings. The van der Waals surface area contributed by atoms with Crippen LogP contribution >= 0.6 is 0 Å². The van der Waals surface area contributed by atoms with Crippen LogP contribution in [-0.2, 0) is 7.05 Å². The molecule has 0 saturated carbocycles. The van der Waals surface area contributed by atoms with E-state index in [-0.39, 0.29) is 0 Å². The molecule has 28 heavy (non-hydrogen) atoms. The Morgan fingerprint density at radius 1 is 0.964 bits per heavy atom. The molecule has 7 rings (SSSR count). The Labute approximate surface area is 159 Å². The van der Waals surface area contributed by atoms with E-state index in [2.05, 4.69) is 65.4 Å². The van der Waals surface area contributed by atoms with Crippen molar-refractivity contribution in [1.29, 1.82) is 0 Å². The molecule has 0 atom stereocenters. The van der Waals surface area contributed by atoms with Crippen molar-refractivity contribution in [2.45, 2.75) is 6.92 Å². The van der Waals surface area contributed by atoms with Crippen LogP contribution in [0.15, 0.2) is 65.5 Å². The second-order valence-electron chi connectivity index (χ2n) is 7.67. The summed E-state index contributed by atoms with van der Waals surface area (Å²) in [6.07, 6.45) is 3.72. The van der Waals surface area contributed by atoms with E-state index < -0.39 is 0 Å². The number of fused-ring (bicyclic) bond motifs is 7. The van der Waals surface area contributed by atoms with E-state index in [1.165, 1.54) is 32.6 Å². The zero-order valence-electron chi connectivity index (χ0n) is 15.5. The number of aryl methyl sites for hydroxylation is 2. The Hall–Kier alpha value is -3.66. The van der Waals surface area contributed by atoms with Crippen LogP contribution in [-0.4, -0.2) is 9.38 Å². The second-order valence-corrected chi connectivity index (χ2v) is 7.67. The normalized spacial score (nSPS) is 12.6. The molecule has 4 heteroatoms. The molecule has 0 aliphatic heterocycles. The number of para-hydroxylation sites is 1. The first-order valence-corrected chi connectivity index (χ1v) is 9.46. The van der Waals surface area contributed by atoms with Crippen LogP contribution in [0.25, 0.3) is 60.1 Å². The van der Waals surface area contributed by atoms with E-state index in [4.69, 9.17) is 9.40 Å². The fourth-order valence-electron chi connectivity index (χ4n) is 4.99. The summed E-state index contributed by atoms with van der Waals surface area (Å²) < 4.78 is 10.5. The molecule has 4 heterocycles. The summed E-state index contributed by atoms with van der Waals surface area (Å²) in [6.45, 7) is 2.19. The first kappa shape index (κ1) is 14.4. The smallest absolute Gasteiger partial charge is 0.287 e. The molecule has 4 nitrogen and oxygen atoms in total. The summed E-state index contributed by atoms with van der Waals surface area (Å²) in [5.74, 6) is 0. The van der Waals surface area contributed by atoms with Crippen molar-refractivity contribution < 1.29 is 8.98 Å². The Bertz CT molecular complexity index is 1730. The van der Waals surface area contributed by atoms with Crippen molar-refractivity contribution in [2.24, 2.45) is 7.05 Å². The Kier molecular flexibility index (Phi) is 2.36. The predicted octanol–water partition coefficient (Wildman–Crippen LogP) is 5.26. The molecule has 0 saturated heterocycles. The highest BCUT2D eigenvalue weighted by Gasteiger charge is 2.26. The van der Waals surface area contributed by atoms with Gasteiger partial charge in [0.1, 0.15) is 5.52 Å². The molecule has 132 valence electrons. The molecule has 0 radical (unpaired) electrons. The van der Waals surface area contributed by atoms with Crippen molar-refractivity contribution in [3.63, 3.8) is 0 Å². The molecule has 0 amide bonds. The van der Waals surface area contributed by atoms with Gasteiger partial charge in [-0.15, -0.1) is 0 Å². The van der Waals surface area contributed by atoms with E-state index >= 15 is 0 Å². The quantitative estimate of drug-likeness (QED) is 0.209. The number of rotatable bonds is 0. The van der Waals surface area contributed by atoms with Crippen LogP contribution in [0.1, 0.15) is 5.56 Å². The molecular weight excluding hydrogens is 346 g/mol. The molecule has 0 unspecified atom stereocenters. The summed E-state index contributed by atoms with van der Waals surface area (Å²) in [7, 11) is 2.08. The minimum Gasteiger partial charge on any atom is -0.462 e. The third-order valence-electron chi connectivity index (χ3n) is 6.15. The van der Waals surface area contributed by atoms with Crippen LogP contribution in [0.4, 0.5) is 0 Å². The Morgan fingerprint density at radius 2 is 1.86 bits per heavy atom. The van der Waals surface area contributed by atoms with Gasteiger partial charge in [-0.05, 0) is 47.1 Å². The summed E-state index contributed by atoms with van der Waals surface area (Å²) in [4.78, 5) is 4.82. The van der Waals surface area contributed by atoms with Gasteiger partial charge in [0.15, 0.2) is 11.1 Å². The highest BCUT2D eigenvalue weighted by molar-refractivity contribution is 6.28. The van der Waals surface area contributed by atoms with E-state index in [1.807, 2.05) is 12.4 Å². The van der Waals surface area contributed by atoms with Gasteiger partial charge in [0.05, 0.1) is 29.7 Å². The largest absolute Gasteiger partial charge is 0.462 e. The molecule has 7 aromatic rings. The number of hydrogen-bond acceptors (Lipinski definition) is 2. The number of aromatic nitrogens is 3. The van der Waals surface area contributed by atoms with E-state index in [9.17, 15) is 0 Å². The summed E-state index contributed by atoms with van der Waals surface area (Å²) >= 11 is 0. The van der Waals surface area contributed by atoms with Gasteiger partial charge < -0.3 is 4.42 Å². The lowest BCUT2D eigenvalue weighted by Gasteiger charge is -2.14. The average molecular weight is 362 g/mol. The zero-order chi connectivity index (χ0) is 18.6. The maximum absolute atomic E-state index is 6.02. The summed E-state index contributed by atoms with van der Waals surface area (Å²) in [6, 6.07) is 17.2. The minimum atomic E-state index is 0.930. The highest BCUT2D eigenvalue weighted by Crippen LogP contribution is 2.42. The van der Waals surface area contributed by atoms with Crippen molar-refractivity contribution in [3.8, 4) is 0 Å². The Balaban J connectivity index is 2.06. The number of furan rings is 1. The summed E-state index contributed by atoms with van der Waals surface area (Å²) in [5, 5.41) is 6.05. The van der Waals surface area contributed by atoms with Crippen LogP contribution < -0.4 is 4.57 Å². The molecule has 0 spiro atoms. The summed E-state index contributed by atoms with van der Waals surface area (Å²) in [5.41, 5.74) is 7.88. The van der Waals surface area contributed by atoms with Gasteiger partial charge in [0, 0.05) is 16.2 Å². The first-order chi connectivity index (χ1) is 13.7. The molecular formula is C24H16N3O+. The number of benzene rings is 3. The first-order valence-electron chi connectivity index (χ1n) is 9.46. The number of hydrogen-bond donors (Lipinski definition) is 0. The van der Waals surface area contributed by atoms with Gasteiger partial charge in [0.2, 0.25) is 5.52 Å². The van der Waals surface area contributed by atoms with Crippen molar-refractivity contribution in [2.75, 3.05) is 0 Å². The Morgan fingerprint density at radius 3 is 2.79 bits per heavy atom. The van der Waals surface area contributed by atoms with E-state index in [0.717, 1.165) is 33.0 Å². The van der Waals surface area contributed by atoms with Crippen LogP contribution in [0.3, 0.4) is 0 Å². The molecule has 0 bridgehead atoms. The van der Waals surface area contributed by atoms with E-state index in [1.54, 1.807) is 6.26 Å². The SMILES string of the molecule is Cc1ccc2cc3ccoc3c3c2c1c1c2c(nc[n+]1C)c1ccccc1n32. The average Bonchev–Trinajstić information content (AvgIpc) is 3.31. The van der Waals surface area contributed by atoms with Crippen LogP contribution in [0, 0.1) is 6.92 Å². The standard InChI is InChI=1S/C24H16N3O/c1-13-7-8-14-11-15-9-10-28-24(15)22-19(14)18(13)21-23-20(25-12-26(21)2)16-5-3-4-6-17(16)27(22)23/h3-12H,1-2H3/q+1. The molecule has 0 aliphatic carbocycles. The predicted molar refractivity (Wildman–Crippen MR) is 112 cm³/mol. The zero-order valence-corrected chi connectivity index (χ0v) is 15.5. The number of nitrogens with zero attached hydrogens (tertiary/aromatic N) is 3. The molecule has 0 aliphatic rings. The third-order valence-corrected chi connectivity index (χ3v) is 6.15. The molecule has 3 aromatic carbocycles. The molecule has 4 aromatic heterocycles. The fraction of sp³-hybridized carbons (Fsp3) is 0.0833. The topological polar surface area (TPSA) is 34.3 Å². The van der Waals surface area contributed by atoms with Crippen LogP contribution in [0.5, 0.6) is 0 Å². The van der Waals surface area contributed by atoms with Crippen molar-refractivity contribution in [3.05, 3.63) is 66.7 Å². The second kappa shape index (κ2) is 4.60. The third kappa shape index (κ3) is 1.46. The lowest BCUT2D eigenvalue weighted by molar-refractivity contribution is -0.647. The van der Waals surface area contributed by atoms with Crippen molar-refractivity contribution in [1.82, 2.24) is 9.38 Å². The van der Waals surface area contributed by atoms with Gasteiger partial charge in [0.25, 0.3) is 6.33 Å². The fourth-order valence-corrected chi connectivity index (χ4v) is 4.99. The minimum absolute atomic E-state index is 0.930. The lowest BCUT2D eigenvalue weighted by Crippen LogP contribution is -2.30. The van der Waals surface area contributed by atoms with Crippen molar-refractivity contribution >= 4 is 60.1 Å². The van der Waals surface area contributed by atoms with Crippen LogP contribution in [0.2, 0.25) is 0 Å². The maximum Gasteiger partial charge on any atom is 0.287 e. The monoisotopic (exact) mass is 362 g/mol. The highest BCUT2D eigenvalue weighted by atomic mass is 16.3. The van der Waals surface area contributed by atoms with Gasteiger partial charge >= 0.3 is 0 Å². The number of pyridine rings is 1.